The molecule has 0 bridgehead atoms. The number of halogens is 1. The van der Waals surface area contributed by atoms with E-state index in [1.807, 2.05) is 33.8 Å². The molecular weight excluding hydrogens is 483 g/mol. The molecule has 0 atom stereocenters. The smallest absolute Gasteiger partial charge is 0.228 e. The molecule has 0 aliphatic carbocycles. The lowest BCUT2D eigenvalue weighted by Gasteiger charge is -2.18. The zero-order valence-corrected chi connectivity index (χ0v) is 21.5. The maximum Gasteiger partial charge on any atom is 0.228 e. The number of fused-ring (bicyclic) bond motifs is 1. The van der Waals surface area contributed by atoms with Gasteiger partial charge in [-0.2, -0.15) is 9.49 Å². The fraction of sp³-hybridized carbons (Fsp3) is 0.269. The van der Waals surface area contributed by atoms with Gasteiger partial charge >= 0.3 is 0 Å². The fourth-order valence-corrected chi connectivity index (χ4v) is 4.30. The lowest BCUT2D eigenvalue weighted by Crippen LogP contribution is -2.22. The third-order valence-electron chi connectivity index (χ3n) is 5.52. The molecule has 10 heteroatoms. The second kappa shape index (κ2) is 9.34. The van der Waals surface area contributed by atoms with Crippen LogP contribution in [0, 0.1) is 12.9 Å². The molecule has 2 aromatic heterocycles. The summed E-state index contributed by atoms with van der Waals surface area (Å²) in [7, 11) is -3.47. The lowest BCUT2D eigenvalue weighted by atomic mass is 10.1. The van der Waals surface area contributed by atoms with E-state index in [4.69, 9.17) is 4.74 Å². The maximum absolute atomic E-state index is 14.1. The minimum atomic E-state index is -3.47. The molecule has 188 valence electrons. The van der Waals surface area contributed by atoms with Crippen molar-refractivity contribution in [1.82, 2.24) is 14.8 Å². The molecule has 36 heavy (non-hydrogen) atoms. The summed E-state index contributed by atoms with van der Waals surface area (Å²) in [6, 6.07) is 10.6. The topological polar surface area (TPSA) is 103 Å². The van der Waals surface area contributed by atoms with Gasteiger partial charge < -0.3 is 10.1 Å². The van der Waals surface area contributed by atoms with Crippen LogP contribution in [0.1, 0.15) is 31.9 Å². The zero-order valence-electron chi connectivity index (χ0n) is 20.7. The number of carbonyl (C=O) groups excluding carboxylic acids is 1. The highest BCUT2D eigenvalue weighted by Gasteiger charge is 2.16. The van der Waals surface area contributed by atoms with Crippen molar-refractivity contribution in [2.45, 2.75) is 44.6 Å². The molecule has 4 aromatic rings. The molecule has 0 saturated heterocycles. The van der Waals surface area contributed by atoms with E-state index >= 15 is 0 Å². The predicted molar refractivity (Wildman–Crippen MR) is 136 cm³/mol. The predicted octanol–water partition coefficient (Wildman–Crippen LogP) is 5.01. The van der Waals surface area contributed by atoms with Crippen molar-refractivity contribution in [2.75, 3.05) is 11.6 Å². The van der Waals surface area contributed by atoms with Gasteiger partial charge in [-0.25, -0.2) is 13.4 Å². The largest absolute Gasteiger partial charge is 0.456 e. The van der Waals surface area contributed by atoms with Crippen LogP contribution in [0.3, 0.4) is 0 Å². The van der Waals surface area contributed by atoms with Crippen molar-refractivity contribution in [1.29, 1.82) is 0 Å². The number of nitrogens with zero attached hydrogens (tertiary/aromatic N) is 3. The van der Waals surface area contributed by atoms with Gasteiger partial charge in [-0.05, 0) is 63.1 Å². The quantitative estimate of drug-likeness (QED) is 0.366. The van der Waals surface area contributed by atoms with Crippen molar-refractivity contribution >= 4 is 32.3 Å². The van der Waals surface area contributed by atoms with E-state index in [1.54, 1.807) is 29.2 Å². The van der Waals surface area contributed by atoms with E-state index < -0.39 is 15.8 Å². The second-order valence-electron chi connectivity index (χ2n) is 9.67. The minimum absolute atomic E-state index is 0.0828. The Bertz CT molecular complexity index is 1570. The van der Waals surface area contributed by atoms with Crippen molar-refractivity contribution in [3.05, 3.63) is 71.9 Å². The van der Waals surface area contributed by atoms with Crippen LogP contribution in [0.2, 0.25) is 0 Å². The molecule has 0 fully saturated rings. The summed E-state index contributed by atoms with van der Waals surface area (Å²) < 4.78 is 45.8. The summed E-state index contributed by atoms with van der Waals surface area (Å²) in [4.78, 5) is 16.5. The van der Waals surface area contributed by atoms with Crippen LogP contribution in [-0.4, -0.2) is 35.3 Å². The second-order valence-corrected chi connectivity index (χ2v) is 11.7. The number of carbonyl (C=O) groups is 1. The summed E-state index contributed by atoms with van der Waals surface area (Å²) in [5.74, 6) is -0.341. The molecule has 1 N–H and O–H groups in total. The molecule has 0 aliphatic heterocycles. The molecule has 4 rings (SSSR count). The molecule has 0 radical (unpaired) electrons. The first-order chi connectivity index (χ1) is 16.8. The Morgan fingerprint density at radius 3 is 2.50 bits per heavy atom. The van der Waals surface area contributed by atoms with Crippen LogP contribution < -0.4 is 10.1 Å². The molecule has 8 nitrogen and oxygen atoms in total. The highest BCUT2D eigenvalue weighted by atomic mass is 32.2. The summed E-state index contributed by atoms with van der Waals surface area (Å²) >= 11 is 0. The summed E-state index contributed by atoms with van der Waals surface area (Å²) in [6.07, 6.45) is 4.64. The molecular formula is C26H27FN4O4S. The van der Waals surface area contributed by atoms with Gasteiger partial charge in [0.25, 0.3) is 0 Å². The van der Waals surface area contributed by atoms with Gasteiger partial charge in [0.15, 0.2) is 9.84 Å². The number of aryl methyl sites for hydroxylation is 1. The highest BCUT2D eigenvalue weighted by Crippen LogP contribution is 2.33. The number of hydrogen-bond acceptors (Lipinski definition) is 6. The van der Waals surface area contributed by atoms with Crippen molar-refractivity contribution in [3.63, 3.8) is 0 Å². The van der Waals surface area contributed by atoms with Gasteiger partial charge in [-0.3, -0.25) is 9.48 Å². The lowest BCUT2D eigenvalue weighted by molar-refractivity contribution is -0.115. The number of pyridine rings is 1. The van der Waals surface area contributed by atoms with Crippen molar-refractivity contribution < 1.29 is 22.3 Å². The van der Waals surface area contributed by atoms with Crippen LogP contribution in [-0.2, 0) is 26.6 Å². The van der Waals surface area contributed by atoms with E-state index in [1.165, 1.54) is 18.2 Å². The van der Waals surface area contributed by atoms with Crippen molar-refractivity contribution in [3.8, 4) is 11.5 Å². The van der Waals surface area contributed by atoms with E-state index in [0.717, 1.165) is 23.4 Å². The summed E-state index contributed by atoms with van der Waals surface area (Å²) in [6.45, 7) is 7.87. The standard InChI is InChI=1S/C26H27FN4O4S/c1-16-10-17(11-25(32)29-18-14-28-31(15-18)26(2,3)4)6-9-22(16)35-23-13-24(27)30-21-8-7-19(12-20(21)23)36(5,33)34/h6-10,12-15H,11H2,1-5H3,(H,29,32). The highest BCUT2D eigenvalue weighted by molar-refractivity contribution is 7.90. The fourth-order valence-electron chi connectivity index (χ4n) is 3.66. The van der Waals surface area contributed by atoms with Gasteiger partial charge in [0.1, 0.15) is 11.5 Å². The molecule has 0 unspecified atom stereocenters. The number of rotatable bonds is 6. The van der Waals surface area contributed by atoms with E-state index in [-0.39, 0.29) is 34.0 Å². The molecule has 2 heterocycles. The summed E-state index contributed by atoms with van der Waals surface area (Å²) in [5.41, 5.74) is 2.20. The first-order valence-corrected chi connectivity index (χ1v) is 13.1. The number of benzene rings is 2. The Balaban J connectivity index is 1.53. The first kappa shape index (κ1) is 25.3. The van der Waals surface area contributed by atoms with E-state index in [2.05, 4.69) is 15.4 Å². The third kappa shape index (κ3) is 5.71. The van der Waals surface area contributed by atoms with Gasteiger partial charge in [-0.1, -0.05) is 12.1 Å². The Morgan fingerprint density at radius 2 is 1.86 bits per heavy atom. The van der Waals surface area contributed by atoms with Crippen LogP contribution in [0.4, 0.5) is 10.1 Å². The molecule has 2 aromatic carbocycles. The van der Waals surface area contributed by atoms with Gasteiger partial charge in [0.2, 0.25) is 11.9 Å². The SMILES string of the molecule is Cc1cc(CC(=O)Nc2cnn(C(C)(C)C)c2)ccc1Oc1cc(F)nc2ccc(S(C)(=O)=O)cc12. The molecule has 0 aliphatic rings. The number of ether oxygens (including phenoxy) is 1. The first-order valence-electron chi connectivity index (χ1n) is 11.2. The summed E-state index contributed by atoms with van der Waals surface area (Å²) in [5, 5.41) is 7.50. The number of anilines is 1. The zero-order chi connectivity index (χ0) is 26.3. The van der Waals surface area contributed by atoms with Crippen molar-refractivity contribution in [2.24, 2.45) is 0 Å². The van der Waals surface area contributed by atoms with Crippen LogP contribution in [0.15, 0.2) is 59.8 Å². The van der Waals surface area contributed by atoms with Crippen LogP contribution >= 0.6 is 0 Å². The van der Waals surface area contributed by atoms with Crippen LogP contribution in [0.25, 0.3) is 10.9 Å². The van der Waals surface area contributed by atoms with Gasteiger partial charge in [0.05, 0.1) is 34.3 Å². The molecule has 1 amide bonds. The minimum Gasteiger partial charge on any atom is -0.456 e. The molecule has 0 spiro atoms. The average Bonchev–Trinajstić information content (AvgIpc) is 3.23. The van der Waals surface area contributed by atoms with E-state index in [0.29, 0.717) is 16.8 Å². The Morgan fingerprint density at radius 1 is 1.11 bits per heavy atom. The molecule has 0 saturated carbocycles. The van der Waals surface area contributed by atoms with Gasteiger partial charge in [-0.15, -0.1) is 0 Å². The van der Waals surface area contributed by atoms with Gasteiger partial charge in [0, 0.05) is 23.9 Å². The Labute approximate surface area is 209 Å². The number of nitrogens with one attached hydrogen (secondary N) is 1. The normalized spacial score (nSPS) is 12.1. The van der Waals surface area contributed by atoms with Crippen LogP contribution in [0.5, 0.6) is 11.5 Å². The third-order valence-corrected chi connectivity index (χ3v) is 6.63. The number of hydrogen-bond donors (Lipinski definition) is 1. The number of aromatic nitrogens is 3. The number of amides is 1. The van der Waals surface area contributed by atoms with E-state index in [9.17, 15) is 17.6 Å². The average molecular weight is 511 g/mol. The maximum atomic E-state index is 14.1. The monoisotopic (exact) mass is 510 g/mol. The number of sulfone groups is 1. The Hall–Kier alpha value is -3.79. The Kier molecular flexibility index (Phi) is 6.57.